The van der Waals surface area contributed by atoms with Gasteiger partial charge in [-0.1, -0.05) is 42.1 Å². The van der Waals surface area contributed by atoms with E-state index in [2.05, 4.69) is 21.2 Å². The molecule has 4 rings (SSSR count). The van der Waals surface area contributed by atoms with Gasteiger partial charge in [-0.05, 0) is 49.8 Å². The van der Waals surface area contributed by atoms with Crippen LogP contribution in [0.1, 0.15) is 63.9 Å². The van der Waals surface area contributed by atoms with Crippen LogP contribution in [-0.2, 0) is 26.0 Å². The van der Waals surface area contributed by atoms with Crippen molar-refractivity contribution in [2.24, 2.45) is 5.92 Å². The van der Waals surface area contributed by atoms with Gasteiger partial charge in [0.2, 0.25) is 21.8 Å². The normalized spacial score (nSPS) is 22.6. The van der Waals surface area contributed by atoms with Crippen LogP contribution < -0.4 is 10.2 Å². The number of anilines is 1. The Morgan fingerprint density at radius 2 is 1.84 bits per heavy atom. The molecule has 0 spiro atoms. The summed E-state index contributed by atoms with van der Waals surface area (Å²) in [7, 11) is -3.85. The van der Waals surface area contributed by atoms with Crippen LogP contribution in [0.5, 0.6) is 0 Å². The van der Waals surface area contributed by atoms with Crippen molar-refractivity contribution < 1.29 is 18.0 Å². The van der Waals surface area contributed by atoms with Crippen LogP contribution in [0.25, 0.3) is 0 Å². The average Bonchev–Trinajstić information content (AvgIpc) is 3.22. The van der Waals surface area contributed by atoms with Gasteiger partial charge in [-0.15, -0.1) is 0 Å². The fourth-order valence-corrected chi connectivity index (χ4v) is 7.63. The lowest BCUT2D eigenvalue weighted by Crippen LogP contribution is -2.48. The molecule has 1 aromatic rings. The molecule has 3 aliphatic rings. The summed E-state index contributed by atoms with van der Waals surface area (Å²) in [6.07, 6.45) is 7.80. The molecule has 32 heavy (non-hydrogen) atoms. The number of carbonyl (C=O) groups excluding carboxylic acids is 2. The summed E-state index contributed by atoms with van der Waals surface area (Å²) in [6.45, 7) is 2.85. The number of hydrogen-bond donors (Lipinski definition) is 1. The fraction of sp³-hybridized carbons (Fsp3) is 0.652. The van der Waals surface area contributed by atoms with E-state index in [4.69, 9.17) is 0 Å². The zero-order chi connectivity index (χ0) is 22.9. The third-order valence-corrected chi connectivity index (χ3v) is 9.26. The Balaban J connectivity index is 1.57. The first-order valence-electron chi connectivity index (χ1n) is 11.7. The molecule has 1 aromatic carbocycles. The summed E-state index contributed by atoms with van der Waals surface area (Å²) < 4.78 is 29.6. The van der Waals surface area contributed by atoms with Gasteiger partial charge < -0.3 is 10.2 Å². The summed E-state index contributed by atoms with van der Waals surface area (Å²) in [4.78, 5) is 27.2. The van der Waals surface area contributed by atoms with E-state index in [1.807, 2.05) is 6.07 Å². The van der Waals surface area contributed by atoms with Gasteiger partial charge in [-0.3, -0.25) is 9.59 Å². The second kappa shape index (κ2) is 9.81. The molecule has 176 valence electrons. The second-order valence-electron chi connectivity index (χ2n) is 9.11. The first kappa shape index (κ1) is 23.7. The third-order valence-electron chi connectivity index (χ3n) is 6.92. The highest BCUT2D eigenvalue weighted by Gasteiger charge is 2.38. The highest BCUT2D eigenvalue weighted by molar-refractivity contribution is 9.10. The first-order valence-corrected chi connectivity index (χ1v) is 14.0. The second-order valence-corrected chi connectivity index (χ2v) is 11.9. The third kappa shape index (κ3) is 4.75. The molecular formula is C23H32BrN3O4S. The number of rotatable bonds is 5. The Hall–Kier alpha value is -1.45. The van der Waals surface area contributed by atoms with E-state index >= 15 is 0 Å². The minimum absolute atomic E-state index is 0.0286. The van der Waals surface area contributed by atoms with Crippen LogP contribution in [0.2, 0.25) is 0 Å². The summed E-state index contributed by atoms with van der Waals surface area (Å²) in [5, 5.41) is 3.16. The van der Waals surface area contributed by atoms with Crippen LogP contribution in [0.3, 0.4) is 0 Å². The maximum Gasteiger partial charge on any atom is 0.245 e. The molecule has 2 aliphatic heterocycles. The van der Waals surface area contributed by atoms with Crippen LogP contribution in [-0.4, -0.2) is 50.2 Å². The van der Waals surface area contributed by atoms with Crippen LogP contribution in [0.4, 0.5) is 5.69 Å². The van der Waals surface area contributed by atoms with Gasteiger partial charge in [0.25, 0.3) is 0 Å². The van der Waals surface area contributed by atoms with E-state index < -0.39 is 10.0 Å². The van der Waals surface area contributed by atoms with Gasteiger partial charge in [0.15, 0.2) is 0 Å². The highest BCUT2D eigenvalue weighted by Crippen LogP contribution is 2.39. The highest BCUT2D eigenvalue weighted by atomic mass is 79.9. The number of carbonyl (C=O) groups is 2. The van der Waals surface area contributed by atoms with Crippen molar-refractivity contribution in [3.05, 3.63) is 22.2 Å². The lowest BCUT2D eigenvalue weighted by molar-refractivity contribution is -0.127. The molecule has 1 saturated carbocycles. The molecule has 2 amide bonds. The van der Waals surface area contributed by atoms with Crippen molar-refractivity contribution in [3.8, 4) is 0 Å². The van der Waals surface area contributed by atoms with E-state index in [0.717, 1.165) is 31.2 Å². The minimum Gasteiger partial charge on any atom is -0.353 e. The Kier molecular flexibility index (Phi) is 7.27. The lowest BCUT2D eigenvalue weighted by Gasteiger charge is -2.33. The van der Waals surface area contributed by atoms with Gasteiger partial charge in [0.05, 0.1) is 11.6 Å². The summed E-state index contributed by atoms with van der Waals surface area (Å²) in [6, 6.07) is 3.71. The van der Waals surface area contributed by atoms with Crippen molar-refractivity contribution in [1.29, 1.82) is 0 Å². The van der Waals surface area contributed by atoms with Gasteiger partial charge in [0, 0.05) is 36.6 Å². The maximum absolute atomic E-state index is 13.7. The van der Waals surface area contributed by atoms with E-state index in [1.165, 1.54) is 10.7 Å². The topological polar surface area (TPSA) is 86.8 Å². The minimum atomic E-state index is -3.85. The van der Waals surface area contributed by atoms with Crippen LogP contribution in [0, 0.1) is 5.92 Å². The molecular weight excluding hydrogens is 494 g/mol. The molecule has 9 heteroatoms. The molecule has 0 aromatic heterocycles. The summed E-state index contributed by atoms with van der Waals surface area (Å²) in [5.41, 5.74) is 1.37. The van der Waals surface area contributed by atoms with Crippen molar-refractivity contribution in [3.63, 3.8) is 0 Å². The fourth-order valence-electron chi connectivity index (χ4n) is 5.19. The molecule has 2 fully saturated rings. The predicted octanol–water partition coefficient (Wildman–Crippen LogP) is 3.60. The number of sulfonamides is 1. The molecule has 0 radical (unpaired) electrons. The molecule has 2 heterocycles. The Morgan fingerprint density at radius 1 is 1.09 bits per heavy atom. The number of piperidine rings is 1. The maximum atomic E-state index is 13.7. The van der Waals surface area contributed by atoms with Gasteiger partial charge >= 0.3 is 0 Å². The summed E-state index contributed by atoms with van der Waals surface area (Å²) in [5.74, 6) is -0.445. The number of nitrogens with zero attached hydrogens (tertiary/aromatic N) is 2. The zero-order valence-corrected chi connectivity index (χ0v) is 21.0. The smallest absolute Gasteiger partial charge is 0.245 e. The van der Waals surface area contributed by atoms with Crippen molar-refractivity contribution in [1.82, 2.24) is 9.62 Å². The average molecular weight is 526 g/mol. The van der Waals surface area contributed by atoms with Crippen molar-refractivity contribution in [2.45, 2.75) is 75.6 Å². The Labute approximate surface area is 199 Å². The van der Waals surface area contributed by atoms with Gasteiger partial charge in [-0.2, -0.15) is 4.31 Å². The molecule has 1 aliphatic carbocycles. The number of amides is 2. The summed E-state index contributed by atoms with van der Waals surface area (Å²) >= 11 is 3.45. The molecule has 1 saturated heterocycles. The van der Waals surface area contributed by atoms with Crippen LogP contribution in [0.15, 0.2) is 21.5 Å². The predicted molar refractivity (Wildman–Crippen MR) is 127 cm³/mol. The standard InChI is InChI=1S/C23H32BrN3O4S/c1-2-21(28)27-12-10-16-13-18(24)14-20(22(16)27)32(30,31)26-11-6-7-17(15-26)23(29)25-19-8-4-3-5-9-19/h13-14,17,19H,2-12,15H2,1H3,(H,25,29)/t17-/m0/s1. The molecule has 0 unspecified atom stereocenters. The Bertz CT molecular complexity index is 991. The van der Waals surface area contributed by atoms with Crippen LogP contribution >= 0.6 is 15.9 Å². The van der Waals surface area contributed by atoms with E-state index in [9.17, 15) is 18.0 Å². The number of nitrogens with one attached hydrogen (secondary N) is 1. The SMILES string of the molecule is CCC(=O)N1CCc2cc(Br)cc(S(=O)(=O)N3CCC[C@H](C(=O)NC4CCCCC4)C3)c21. The lowest BCUT2D eigenvalue weighted by atomic mass is 9.93. The number of halogens is 1. The first-order chi connectivity index (χ1) is 15.3. The zero-order valence-electron chi connectivity index (χ0n) is 18.6. The van der Waals surface area contributed by atoms with Crippen molar-refractivity contribution in [2.75, 3.05) is 24.5 Å². The van der Waals surface area contributed by atoms with E-state index in [1.54, 1.807) is 17.9 Å². The van der Waals surface area contributed by atoms with E-state index in [0.29, 0.717) is 48.9 Å². The number of benzene rings is 1. The van der Waals surface area contributed by atoms with Crippen molar-refractivity contribution >= 4 is 43.5 Å². The molecule has 1 N–H and O–H groups in total. The molecule has 1 atom stereocenters. The monoisotopic (exact) mass is 525 g/mol. The quantitative estimate of drug-likeness (QED) is 0.636. The van der Waals surface area contributed by atoms with Gasteiger partial charge in [-0.25, -0.2) is 8.42 Å². The van der Waals surface area contributed by atoms with Gasteiger partial charge in [0.1, 0.15) is 4.90 Å². The molecule has 7 nitrogen and oxygen atoms in total. The Morgan fingerprint density at radius 3 is 2.56 bits per heavy atom. The number of fused-ring (bicyclic) bond motifs is 1. The van der Waals surface area contributed by atoms with E-state index in [-0.39, 0.29) is 35.2 Å². The number of hydrogen-bond acceptors (Lipinski definition) is 4. The molecule has 0 bridgehead atoms. The largest absolute Gasteiger partial charge is 0.353 e.